The Balaban J connectivity index is 0.000000201. The summed E-state index contributed by atoms with van der Waals surface area (Å²) in [6.45, 7) is 0. The van der Waals surface area contributed by atoms with Gasteiger partial charge in [-0.3, -0.25) is 0 Å². The highest BCUT2D eigenvalue weighted by atomic mass is 17.2. The first-order valence-corrected chi connectivity index (χ1v) is 12.3. The van der Waals surface area contributed by atoms with Crippen LogP contribution < -0.4 is 0 Å². The van der Waals surface area contributed by atoms with Crippen LogP contribution in [0.4, 0.5) is 0 Å². The van der Waals surface area contributed by atoms with E-state index in [0.29, 0.717) is 11.1 Å². The van der Waals surface area contributed by atoms with Gasteiger partial charge in [-0.15, -0.1) is 0 Å². The van der Waals surface area contributed by atoms with Gasteiger partial charge in [0.15, 0.2) is 11.1 Å². The Morgan fingerprint density at radius 2 is 0.944 bits per heavy atom. The van der Waals surface area contributed by atoms with E-state index in [1.165, 1.54) is 12.8 Å². The van der Waals surface area contributed by atoms with Crippen molar-refractivity contribution in [1.29, 1.82) is 10.5 Å². The summed E-state index contributed by atoms with van der Waals surface area (Å²) in [5.41, 5.74) is -0.643. The number of rotatable bonds is 4. The van der Waals surface area contributed by atoms with Crippen molar-refractivity contribution in [3.05, 3.63) is 71.8 Å². The first-order valence-electron chi connectivity index (χ1n) is 12.3. The first kappa shape index (κ1) is 26.6. The summed E-state index contributed by atoms with van der Waals surface area (Å²) in [6.07, 6.45) is 9.76. The number of azo groups is 1. The smallest absolute Gasteiger partial charge is 0.242 e. The summed E-state index contributed by atoms with van der Waals surface area (Å²) in [4.78, 5) is 31.9. The highest BCUT2D eigenvalue weighted by Gasteiger charge is 2.36. The maximum absolute atomic E-state index is 11.5. The van der Waals surface area contributed by atoms with Gasteiger partial charge in [0.2, 0.25) is 0 Å². The van der Waals surface area contributed by atoms with Crippen molar-refractivity contribution in [1.82, 2.24) is 0 Å². The molecule has 2 saturated carbocycles. The molecule has 2 fully saturated rings. The lowest BCUT2D eigenvalue weighted by Gasteiger charge is -2.29. The molecule has 2 aliphatic carbocycles. The van der Waals surface area contributed by atoms with Crippen molar-refractivity contribution in [2.24, 2.45) is 10.2 Å². The predicted molar refractivity (Wildman–Crippen MR) is 131 cm³/mol. The molecule has 0 bridgehead atoms. The van der Waals surface area contributed by atoms with Crippen LogP contribution in [0.3, 0.4) is 0 Å². The lowest BCUT2D eigenvalue weighted by molar-refractivity contribution is -0.187. The Morgan fingerprint density at radius 3 is 1.25 bits per heavy atom. The lowest BCUT2D eigenvalue weighted by Crippen LogP contribution is -2.31. The molecule has 8 nitrogen and oxygen atoms in total. The van der Waals surface area contributed by atoms with E-state index in [2.05, 4.69) is 32.1 Å². The fourth-order valence-electron chi connectivity index (χ4n) is 4.25. The molecule has 0 radical (unpaired) electrons. The van der Waals surface area contributed by atoms with E-state index in [1.807, 2.05) is 0 Å². The molecular formula is C28H30N4O4. The Morgan fingerprint density at radius 1 is 0.611 bits per heavy atom. The summed E-state index contributed by atoms with van der Waals surface area (Å²) in [6, 6.07) is 21.2. The van der Waals surface area contributed by atoms with Crippen LogP contribution in [0.5, 0.6) is 0 Å². The van der Waals surface area contributed by atoms with Gasteiger partial charge in [0, 0.05) is 0 Å². The number of nitriles is 2. The zero-order valence-electron chi connectivity index (χ0n) is 20.3. The molecule has 0 aromatic heterocycles. The Hall–Kier alpha value is -4.04. The lowest BCUT2D eigenvalue weighted by atomic mass is 9.82. The van der Waals surface area contributed by atoms with Gasteiger partial charge in [-0.2, -0.15) is 20.8 Å². The van der Waals surface area contributed by atoms with Crippen molar-refractivity contribution in [2.45, 2.75) is 75.3 Å². The molecule has 8 heteroatoms. The molecular weight excluding hydrogens is 456 g/mol. The van der Waals surface area contributed by atoms with Gasteiger partial charge in [-0.25, -0.2) is 19.4 Å². The largest absolute Gasteiger partial charge is 0.386 e. The second kappa shape index (κ2) is 13.2. The van der Waals surface area contributed by atoms with Gasteiger partial charge >= 0.3 is 11.9 Å². The van der Waals surface area contributed by atoms with E-state index in [0.717, 1.165) is 51.4 Å². The maximum atomic E-state index is 11.5. The second-order valence-electron chi connectivity index (χ2n) is 9.08. The zero-order chi connectivity index (χ0) is 25.7. The highest BCUT2D eigenvalue weighted by molar-refractivity contribution is 5.92. The van der Waals surface area contributed by atoms with Gasteiger partial charge in [0.1, 0.15) is 0 Å². The quantitative estimate of drug-likeness (QED) is 0.276. The molecule has 0 unspecified atom stereocenters. The Bertz CT molecular complexity index is 1020. The minimum atomic E-state index is -0.708. The molecule has 36 heavy (non-hydrogen) atoms. The van der Waals surface area contributed by atoms with Crippen LogP contribution in [0.25, 0.3) is 0 Å². The molecule has 0 saturated heterocycles. The number of carbonyl (C=O) groups is 2. The zero-order valence-corrected chi connectivity index (χ0v) is 20.3. The molecule has 2 aromatic rings. The molecule has 0 spiro atoms. The number of nitrogens with zero attached hydrogens (tertiary/aromatic N) is 4. The SMILES string of the molecule is N#CC1(/N=N/C2(C#N)CCCCC2)CCCCC1.O=C(OOC(=O)c1ccccc1)c1ccccc1. The molecule has 186 valence electrons. The third kappa shape index (κ3) is 7.48. The standard InChI is InChI=1S/C14H20N4.C14H10O4/c15-11-13(7-3-1-4-8-13)17-18-14(12-16)9-5-2-6-10-14;15-13(11-7-3-1-4-8-11)17-18-14(16)12-9-5-2-6-10-12/h1-10H2;1-10H/b18-17+;. The number of carbonyl (C=O) groups excluding carboxylic acids is 2. The Kier molecular flexibility index (Phi) is 9.71. The van der Waals surface area contributed by atoms with Crippen molar-refractivity contribution in [3.63, 3.8) is 0 Å². The molecule has 0 heterocycles. The van der Waals surface area contributed by atoms with Crippen LogP contribution in [0.1, 0.15) is 84.9 Å². The second-order valence-corrected chi connectivity index (χ2v) is 9.08. The van der Waals surface area contributed by atoms with Crippen molar-refractivity contribution < 1.29 is 19.4 Å². The molecule has 2 aliphatic rings. The molecule has 0 amide bonds. The van der Waals surface area contributed by atoms with Crippen LogP contribution in [0.15, 0.2) is 70.9 Å². The predicted octanol–water partition coefficient (Wildman–Crippen LogP) is 6.51. The minimum Gasteiger partial charge on any atom is -0.242 e. The van der Waals surface area contributed by atoms with E-state index in [1.54, 1.807) is 60.7 Å². The summed E-state index contributed by atoms with van der Waals surface area (Å²) >= 11 is 0. The van der Waals surface area contributed by atoms with Crippen molar-refractivity contribution in [2.75, 3.05) is 0 Å². The van der Waals surface area contributed by atoms with E-state index in [9.17, 15) is 20.1 Å². The normalized spacial score (nSPS) is 17.9. The monoisotopic (exact) mass is 486 g/mol. The number of hydrogen-bond acceptors (Lipinski definition) is 8. The van der Waals surface area contributed by atoms with E-state index in [4.69, 9.17) is 0 Å². The highest BCUT2D eigenvalue weighted by Crippen LogP contribution is 2.36. The molecule has 4 rings (SSSR count). The van der Waals surface area contributed by atoms with Gasteiger partial charge in [-0.1, -0.05) is 49.2 Å². The van der Waals surface area contributed by atoms with Gasteiger partial charge in [-0.05, 0) is 75.6 Å². The van der Waals surface area contributed by atoms with Crippen LogP contribution in [-0.2, 0) is 9.78 Å². The first-order chi connectivity index (χ1) is 17.5. The third-order valence-electron chi connectivity index (χ3n) is 6.42. The molecule has 0 N–H and O–H groups in total. The van der Waals surface area contributed by atoms with Crippen LogP contribution in [0, 0.1) is 22.7 Å². The van der Waals surface area contributed by atoms with Crippen LogP contribution >= 0.6 is 0 Å². The fourth-order valence-corrected chi connectivity index (χ4v) is 4.25. The van der Waals surface area contributed by atoms with Crippen molar-refractivity contribution in [3.8, 4) is 12.1 Å². The summed E-state index contributed by atoms with van der Waals surface area (Å²) in [5.74, 6) is -1.42. The summed E-state index contributed by atoms with van der Waals surface area (Å²) < 4.78 is 0. The maximum Gasteiger partial charge on any atom is 0.386 e. The topological polar surface area (TPSA) is 125 Å². The van der Waals surface area contributed by atoms with E-state index >= 15 is 0 Å². The molecule has 0 atom stereocenters. The Labute approximate surface area is 211 Å². The van der Waals surface area contributed by atoms with Gasteiger partial charge in [0.05, 0.1) is 23.3 Å². The van der Waals surface area contributed by atoms with Crippen LogP contribution in [-0.4, -0.2) is 23.0 Å². The number of benzene rings is 2. The average Bonchev–Trinajstić information content (AvgIpc) is 2.97. The summed E-state index contributed by atoms with van der Waals surface area (Å²) in [7, 11) is 0. The average molecular weight is 487 g/mol. The van der Waals surface area contributed by atoms with E-state index in [-0.39, 0.29) is 0 Å². The minimum absolute atomic E-state index is 0.318. The van der Waals surface area contributed by atoms with Gasteiger partial charge < -0.3 is 0 Å². The summed E-state index contributed by atoms with van der Waals surface area (Å²) in [5, 5.41) is 27.4. The van der Waals surface area contributed by atoms with Crippen molar-refractivity contribution >= 4 is 11.9 Å². The molecule has 2 aromatic carbocycles. The molecule has 0 aliphatic heterocycles. The van der Waals surface area contributed by atoms with E-state index < -0.39 is 23.0 Å². The van der Waals surface area contributed by atoms with Gasteiger partial charge in [0.25, 0.3) is 0 Å². The van der Waals surface area contributed by atoms with Crippen LogP contribution in [0.2, 0.25) is 0 Å². The number of hydrogen-bond donors (Lipinski definition) is 0. The fraction of sp³-hybridized carbons (Fsp3) is 0.429. The third-order valence-corrected chi connectivity index (χ3v) is 6.42.